The third-order valence-electron chi connectivity index (χ3n) is 2.21. The minimum Gasteiger partial charge on any atom is -0.211 e. The molecule has 0 radical (unpaired) electrons. The Morgan fingerprint density at radius 1 is 1.27 bits per heavy atom. The van der Waals surface area contributed by atoms with Crippen LogP contribution < -0.4 is 0 Å². The highest BCUT2D eigenvalue weighted by Crippen LogP contribution is 2.21. The topological polar surface area (TPSA) is 30.2 Å². The van der Waals surface area contributed by atoms with E-state index in [1.54, 1.807) is 0 Å². The maximum Gasteiger partial charge on any atom is 0.157 e. The van der Waals surface area contributed by atoms with Crippen molar-refractivity contribution < 1.29 is 0 Å². The average molecular weight is 268 g/mol. The van der Waals surface area contributed by atoms with E-state index in [1.807, 2.05) is 16.6 Å². The van der Waals surface area contributed by atoms with Crippen molar-refractivity contribution in [3.8, 4) is 0 Å². The summed E-state index contributed by atoms with van der Waals surface area (Å²) in [5.41, 5.74) is 2.06. The van der Waals surface area contributed by atoms with Gasteiger partial charge in [-0.25, -0.2) is 9.50 Å². The fourth-order valence-electron chi connectivity index (χ4n) is 1.39. The summed E-state index contributed by atoms with van der Waals surface area (Å²) in [5.74, 6) is 0.869. The average Bonchev–Trinajstić information content (AvgIpc) is 2.46. The summed E-state index contributed by atoms with van der Waals surface area (Å²) in [7, 11) is 0. The Hall–Kier alpha value is -0.900. The van der Waals surface area contributed by atoms with Crippen LogP contribution in [0.3, 0.4) is 0 Å². The van der Waals surface area contributed by atoms with E-state index in [4.69, 9.17) is 0 Å². The zero-order valence-electron chi connectivity index (χ0n) is 9.37. The van der Waals surface area contributed by atoms with Gasteiger partial charge in [-0.15, -0.1) is 5.10 Å². The van der Waals surface area contributed by atoms with Gasteiger partial charge < -0.3 is 0 Å². The second-order valence-corrected chi connectivity index (χ2v) is 5.62. The first kappa shape index (κ1) is 10.6. The number of rotatable bonds is 0. The van der Waals surface area contributed by atoms with Crippen molar-refractivity contribution in [2.45, 2.75) is 33.1 Å². The SMILES string of the molecule is Cc1cc(Br)n2nc(C(C)(C)C)nc2c1. The number of nitrogens with zero attached hydrogens (tertiary/aromatic N) is 3. The molecule has 0 aliphatic heterocycles. The van der Waals surface area contributed by atoms with E-state index in [1.165, 1.54) is 5.56 Å². The van der Waals surface area contributed by atoms with Gasteiger partial charge in [0, 0.05) is 5.41 Å². The van der Waals surface area contributed by atoms with Crippen LogP contribution in [0.25, 0.3) is 5.65 Å². The molecule has 15 heavy (non-hydrogen) atoms. The predicted molar refractivity (Wildman–Crippen MR) is 64.1 cm³/mol. The van der Waals surface area contributed by atoms with Gasteiger partial charge in [0.25, 0.3) is 0 Å². The molecule has 0 saturated heterocycles. The van der Waals surface area contributed by atoms with Crippen molar-refractivity contribution in [2.24, 2.45) is 0 Å². The molecule has 0 fully saturated rings. The fourth-order valence-corrected chi connectivity index (χ4v) is 2.01. The molecule has 0 aliphatic carbocycles. The zero-order valence-corrected chi connectivity index (χ0v) is 11.0. The molecule has 0 N–H and O–H groups in total. The van der Waals surface area contributed by atoms with Crippen LogP contribution in [-0.2, 0) is 5.41 Å². The van der Waals surface area contributed by atoms with E-state index in [2.05, 4.69) is 53.7 Å². The molecule has 0 saturated carbocycles. The standard InChI is InChI=1S/C11H14BrN3/c1-7-5-8(12)15-9(6-7)13-10(14-15)11(2,3)4/h5-6H,1-4H3. The van der Waals surface area contributed by atoms with Gasteiger partial charge >= 0.3 is 0 Å². The van der Waals surface area contributed by atoms with Crippen LogP contribution >= 0.6 is 15.9 Å². The molecule has 0 unspecified atom stereocenters. The lowest BCUT2D eigenvalue weighted by Gasteiger charge is -2.11. The van der Waals surface area contributed by atoms with E-state index in [0.29, 0.717) is 0 Å². The van der Waals surface area contributed by atoms with Crippen molar-refractivity contribution >= 4 is 21.6 Å². The largest absolute Gasteiger partial charge is 0.211 e. The van der Waals surface area contributed by atoms with Crippen LogP contribution in [0.15, 0.2) is 16.7 Å². The normalized spacial score (nSPS) is 12.3. The second kappa shape index (κ2) is 3.30. The van der Waals surface area contributed by atoms with Crippen molar-refractivity contribution in [2.75, 3.05) is 0 Å². The highest BCUT2D eigenvalue weighted by Gasteiger charge is 2.20. The fraction of sp³-hybridized carbons (Fsp3) is 0.455. The zero-order chi connectivity index (χ0) is 11.2. The summed E-state index contributed by atoms with van der Waals surface area (Å²) in [6, 6.07) is 4.07. The maximum absolute atomic E-state index is 4.53. The molecule has 2 heterocycles. The van der Waals surface area contributed by atoms with Gasteiger partial charge in [-0.05, 0) is 40.5 Å². The van der Waals surface area contributed by atoms with Crippen LogP contribution in [0.4, 0.5) is 0 Å². The molecular weight excluding hydrogens is 254 g/mol. The van der Waals surface area contributed by atoms with Crippen molar-refractivity contribution in [3.63, 3.8) is 0 Å². The Bertz CT molecular complexity index is 508. The molecule has 2 aromatic heterocycles. The number of fused-ring (bicyclic) bond motifs is 1. The first-order chi connectivity index (χ1) is 6.88. The molecule has 2 rings (SSSR count). The van der Waals surface area contributed by atoms with Crippen LogP contribution in [0.5, 0.6) is 0 Å². The molecule has 3 nitrogen and oxygen atoms in total. The summed E-state index contributed by atoms with van der Waals surface area (Å²) >= 11 is 3.49. The lowest BCUT2D eigenvalue weighted by Crippen LogP contribution is -2.13. The van der Waals surface area contributed by atoms with Crippen LogP contribution in [0, 0.1) is 6.92 Å². The van der Waals surface area contributed by atoms with Crippen LogP contribution in [-0.4, -0.2) is 14.6 Å². The van der Waals surface area contributed by atoms with Crippen LogP contribution in [0.1, 0.15) is 32.2 Å². The molecule has 0 amide bonds. The van der Waals surface area contributed by atoms with E-state index < -0.39 is 0 Å². The predicted octanol–water partition coefficient (Wildman–Crippen LogP) is 3.10. The molecule has 4 heteroatoms. The van der Waals surface area contributed by atoms with Crippen molar-refractivity contribution in [1.82, 2.24) is 14.6 Å². The second-order valence-electron chi connectivity index (χ2n) is 4.81. The summed E-state index contributed by atoms with van der Waals surface area (Å²) in [6.07, 6.45) is 0. The summed E-state index contributed by atoms with van der Waals surface area (Å²) < 4.78 is 2.77. The van der Waals surface area contributed by atoms with Crippen LogP contribution in [0.2, 0.25) is 0 Å². The molecule has 0 bridgehead atoms. The number of halogens is 1. The van der Waals surface area contributed by atoms with Crippen molar-refractivity contribution in [3.05, 3.63) is 28.1 Å². The van der Waals surface area contributed by atoms with E-state index >= 15 is 0 Å². The Labute approximate surface area is 97.6 Å². The quantitative estimate of drug-likeness (QED) is 0.687. The Kier molecular flexibility index (Phi) is 2.34. The Balaban J connectivity index is 2.71. The Morgan fingerprint density at radius 2 is 1.93 bits per heavy atom. The third-order valence-corrected chi connectivity index (χ3v) is 2.77. The Morgan fingerprint density at radius 3 is 2.53 bits per heavy atom. The number of hydrogen-bond donors (Lipinski definition) is 0. The first-order valence-electron chi connectivity index (χ1n) is 4.91. The van der Waals surface area contributed by atoms with Gasteiger partial charge in [0.15, 0.2) is 11.5 Å². The molecule has 80 valence electrons. The summed E-state index contributed by atoms with van der Waals surface area (Å²) in [6.45, 7) is 8.39. The lowest BCUT2D eigenvalue weighted by atomic mass is 9.96. The number of hydrogen-bond acceptors (Lipinski definition) is 2. The summed E-state index contributed by atoms with van der Waals surface area (Å²) in [4.78, 5) is 4.53. The van der Waals surface area contributed by atoms with Gasteiger partial charge in [0.2, 0.25) is 0 Å². The molecule has 2 aromatic rings. The summed E-state index contributed by atoms with van der Waals surface area (Å²) in [5, 5.41) is 4.48. The highest BCUT2D eigenvalue weighted by atomic mass is 79.9. The van der Waals surface area contributed by atoms with Gasteiger partial charge in [-0.1, -0.05) is 20.8 Å². The van der Waals surface area contributed by atoms with Gasteiger partial charge in [0.1, 0.15) is 4.60 Å². The molecular formula is C11H14BrN3. The molecule has 0 spiro atoms. The number of aromatic nitrogens is 3. The van der Waals surface area contributed by atoms with E-state index in [9.17, 15) is 0 Å². The lowest BCUT2D eigenvalue weighted by molar-refractivity contribution is 0.545. The highest BCUT2D eigenvalue weighted by molar-refractivity contribution is 9.10. The van der Waals surface area contributed by atoms with Gasteiger partial charge in [0.05, 0.1) is 0 Å². The molecule has 0 aromatic carbocycles. The van der Waals surface area contributed by atoms with Crippen molar-refractivity contribution in [1.29, 1.82) is 0 Å². The monoisotopic (exact) mass is 267 g/mol. The minimum absolute atomic E-state index is 0.0145. The molecule has 0 aliphatic rings. The van der Waals surface area contributed by atoms with Gasteiger partial charge in [-0.3, -0.25) is 0 Å². The smallest absolute Gasteiger partial charge is 0.157 e. The minimum atomic E-state index is -0.0145. The molecule has 0 atom stereocenters. The number of aryl methyl sites for hydroxylation is 1. The van der Waals surface area contributed by atoms with E-state index in [0.717, 1.165) is 16.1 Å². The first-order valence-corrected chi connectivity index (χ1v) is 5.70. The van der Waals surface area contributed by atoms with Gasteiger partial charge in [-0.2, -0.15) is 0 Å². The van der Waals surface area contributed by atoms with E-state index in [-0.39, 0.29) is 5.41 Å². The maximum atomic E-state index is 4.53. The number of pyridine rings is 1. The third kappa shape index (κ3) is 1.91.